The molecular formula is C11H11ClF3N5O. The van der Waals surface area contributed by atoms with Gasteiger partial charge in [-0.1, -0.05) is 0 Å². The van der Waals surface area contributed by atoms with Gasteiger partial charge in [-0.3, -0.25) is 0 Å². The number of alkyl halides is 3. The van der Waals surface area contributed by atoms with Crippen LogP contribution in [0.15, 0.2) is 6.33 Å². The molecule has 0 unspecified atom stereocenters. The SMILES string of the molecule is FC(F)(F)Cn1cnc2c(N3CCOCC3)nc(Cl)nc21. The maximum atomic E-state index is 12.6. The van der Waals surface area contributed by atoms with E-state index in [4.69, 9.17) is 16.3 Å². The Morgan fingerprint density at radius 2 is 1.95 bits per heavy atom. The molecule has 0 N–H and O–H groups in total. The molecule has 0 atom stereocenters. The topological polar surface area (TPSA) is 56.1 Å². The van der Waals surface area contributed by atoms with Gasteiger partial charge in [0.1, 0.15) is 6.54 Å². The van der Waals surface area contributed by atoms with Crippen molar-refractivity contribution >= 4 is 28.6 Å². The highest BCUT2D eigenvalue weighted by Gasteiger charge is 2.30. The number of nitrogens with zero attached hydrogens (tertiary/aromatic N) is 5. The molecule has 0 bridgehead atoms. The molecule has 0 aliphatic carbocycles. The first kappa shape index (κ1) is 14.3. The van der Waals surface area contributed by atoms with Crippen molar-refractivity contribution in [3.63, 3.8) is 0 Å². The van der Waals surface area contributed by atoms with Crippen LogP contribution in [-0.2, 0) is 11.3 Å². The van der Waals surface area contributed by atoms with E-state index in [0.717, 1.165) is 10.9 Å². The molecule has 21 heavy (non-hydrogen) atoms. The average Bonchev–Trinajstić information content (AvgIpc) is 2.80. The van der Waals surface area contributed by atoms with Crippen molar-refractivity contribution in [2.45, 2.75) is 12.7 Å². The van der Waals surface area contributed by atoms with Gasteiger partial charge in [-0.2, -0.15) is 23.1 Å². The maximum Gasteiger partial charge on any atom is 0.406 e. The van der Waals surface area contributed by atoms with Crippen molar-refractivity contribution in [1.82, 2.24) is 19.5 Å². The summed E-state index contributed by atoms with van der Waals surface area (Å²) < 4.78 is 43.8. The van der Waals surface area contributed by atoms with E-state index in [1.807, 2.05) is 4.90 Å². The highest BCUT2D eigenvalue weighted by molar-refractivity contribution is 6.28. The van der Waals surface area contributed by atoms with Crippen LogP contribution in [0.5, 0.6) is 0 Å². The minimum atomic E-state index is -4.36. The molecule has 2 aromatic heterocycles. The molecule has 0 saturated carbocycles. The molecule has 6 nitrogen and oxygen atoms in total. The Morgan fingerprint density at radius 1 is 1.24 bits per heavy atom. The summed E-state index contributed by atoms with van der Waals surface area (Å²) in [4.78, 5) is 13.9. The zero-order chi connectivity index (χ0) is 15.0. The smallest absolute Gasteiger partial charge is 0.378 e. The van der Waals surface area contributed by atoms with Crippen molar-refractivity contribution < 1.29 is 17.9 Å². The van der Waals surface area contributed by atoms with Crippen LogP contribution in [0.1, 0.15) is 0 Å². The fourth-order valence-electron chi connectivity index (χ4n) is 2.21. The molecule has 2 aromatic rings. The van der Waals surface area contributed by atoms with Crippen LogP contribution in [0.3, 0.4) is 0 Å². The minimum absolute atomic E-state index is 0.0776. The second kappa shape index (κ2) is 5.30. The molecule has 1 saturated heterocycles. The summed E-state index contributed by atoms with van der Waals surface area (Å²) in [6.07, 6.45) is -3.25. The summed E-state index contributed by atoms with van der Waals surface area (Å²) in [6.45, 7) is 1.03. The molecule has 1 fully saturated rings. The van der Waals surface area contributed by atoms with E-state index in [2.05, 4.69) is 15.0 Å². The van der Waals surface area contributed by atoms with E-state index in [1.54, 1.807) is 0 Å². The first-order valence-corrected chi connectivity index (χ1v) is 6.60. The fraction of sp³-hybridized carbons (Fsp3) is 0.545. The molecular weight excluding hydrogens is 311 g/mol. The van der Waals surface area contributed by atoms with Crippen molar-refractivity contribution in [3.8, 4) is 0 Å². The number of morpholine rings is 1. The van der Waals surface area contributed by atoms with Crippen molar-refractivity contribution in [3.05, 3.63) is 11.6 Å². The molecule has 114 valence electrons. The van der Waals surface area contributed by atoms with Gasteiger partial charge < -0.3 is 14.2 Å². The Morgan fingerprint density at radius 3 is 2.62 bits per heavy atom. The predicted molar refractivity (Wildman–Crippen MR) is 69.4 cm³/mol. The number of imidazole rings is 1. The van der Waals surface area contributed by atoms with Gasteiger partial charge in [0.25, 0.3) is 0 Å². The summed E-state index contributed by atoms with van der Waals surface area (Å²) in [5.74, 6) is 0.439. The third-order valence-electron chi connectivity index (χ3n) is 3.08. The summed E-state index contributed by atoms with van der Waals surface area (Å²) in [5.41, 5.74) is 0.388. The summed E-state index contributed by atoms with van der Waals surface area (Å²) in [6, 6.07) is 0. The molecule has 0 amide bonds. The quantitative estimate of drug-likeness (QED) is 0.791. The Hall–Kier alpha value is -1.61. The molecule has 3 rings (SSSR count). The maximum absolute atomic E-state index is 12.6. The third kappa shape index (κ3) is 3.03. The van der Waals surface area contributed by atoms with Crippen LogP contribution in [0, 0.1) is 0 Å². The van der Waals surface area contributed by atoms with Crippen LogP contribution in [0.4, 0.5) is 19.0 Å². The molecule has 0 radical (unpaired) electrons. The first-order valence-electron chi connectivity index (χ1n) is 6.22. The van der Waals surface area contributed by atoms with Gasteiger partial charge >= 0.3 is 6.18 Å². The van der Waals surface area contributed by atoms with E-state index < -0.39 is 12.7 Å². The molecule has 1 aliphatic rings. The number of fused-ring (bicyclic) bond motifs is 1. The third-order valence-corrected chi connectivity index (χ3v) is 3.25. The highest BCUT2D eigenvalue weighted by Crippen LogP contribution is 2.27. The first-order chi connectivity index (χ1) is 9.94. The van der Waals surface area contributed by atoms with E-state index in [9.17, 15) is 13.2 Å². The number of rotatable bonds is 2. The summed E-state index contributed by atoms with van der Waals surface area (Å²) >= 11 is 5.84. The number of hydrogen-bond donors (Lipinski definition) is 0. The number of aromatic nitrogens is 4. The van der Waals surface area contributed by atoms with Crippen LogP contribution in [0.2, 0.25) is 5.28 Å². The van der Waals surface area contributed by atoms with Gasteiger partial charge in [-0.25, -0.2) is 4.98 Å². The van der Waals surface area contributed by atoms with Gasteiger partial charge in [0.05, 0.1) is 19.5 Å². The number of hydrogen-bond acceptors (Lipinski definition) is 5. The largest absolute Gasteiger partial charge is 0.406 e. The van der Waals surface area contributed by atoms with Gasteiger partial charge in [-0.05, 0) is 11.6 Å². The van der Waals surface area contributed by atoms with E-state index in [1.165, 1.54) is 0 Å². The lowest BCUT2D eigenvalue weighted by atomic mass is 10.3. The van der Waals surface area contributed by atoms with Gasteiger partial charge in [0.2, 0.25) is 5.28 Å². The lowest BCUT2D eigenvalue weighted by Gasteiger charge is -2.27. The minimum Gasteiger partial charge on any atom is -0.378 e. The van der Waals surface area contributed by atoms with Crippen molar-refractivity contribution in [2.75, 3.05) is 31.2 Å². The Balaban J connectivity index is 2.05. The highest BCUT2D eigenvalue weighted by atomic mass is 35.5. The van der Waals surface area contributed by atoms with E-state index in [0.29, 0.717) is 37.6 Å². The second-order valence-corrected chi connectivity index (χ2v) is 4.91. The van der Waals surface area contributed by atoms with Crippen LogP contribution < -0.4 is 4.90 Å². The van der Waals surface area contributed by atoms with Crippen LogP contribution >= 0.6 is 11.6 Å². The van der Waals surface area contributed by atoms with Crippen LogP contribution in [0.25, 0.3) is 11.2 Å². The predicted octanol–water partition coefficient (Wildman–Crippen LogP) is 1.88. The molecule has 10 heteroatoms. The zero-order valence-corrected chi connectivity index (χ0v) is 11.5. The normalized spacial score (nSPS) is 16.7. The van der Waals surface area contributed by atoms with Gasteiger partial charge in [-0.15, -0.1) is 0 Å². The van der Waals surface area contributed by atoms with Crippen molar-refractivity contribution in [1.29, 1.82) is 0 Å². The van der Waals surface area contributed by atoms with Crippen molar-refractivity contribution in [2.24, 2.45) is 0 Å². The number of halogens is 4. The monoisotopic (exact) mass is 321 g/mol. The second-order valence-electron chi connectivity index (χ2n) is 4.58. The fourth-order valence-corrected chi connectivity index (χ4v) is 2.37. The van der Waals surface area contributed by atoms with Gasteiger partial charge in [0.15, 0.2) is 17.0 Å². The van der Waals surface area contributed by atoms with E-state index in [-0.39, 0.29) is 10.9 Å². The van der Waals surface area contributed by atoms with Crippen LogP contribution in [-0.4, -0.2) is 52.0 Å². The zero-order valence-electron chi connectivity index (χ0n) is 10.8. The summed E-state index contributed by atoms with van der Waals surface area (Å²) in [5, 5.41) is -0.104. The summed E-state index contributed by atoms with van der Waals surface area (Å²) in [7, 11) is 0. The molecule has 3 heterocycles. The molecule has 0 spiro atoms. The number of anilines is 1. The Bertz CT molecular complexity index is 653. The molecule has 0 aromatic carbocycles. The number of ether oxygens (including phenoxy) is 1. The lowest BCUT2D eigenvalue weighted by molar-refractivity contribution is -0.140. The standard InChI is InChI=1S/C11H11ClF3N5O/c12-10-17-8(19-1-3-21-4-2-19)7-9(18-10)20(6-16-7)5-11(13,14)15/h6H,1-5H2. The average molecular weight is 322 g/mol. The van der Waals surface area contributed by atoms with Gasteiger partial charge in [0, 0.05) is 13.1 Å². The Kier molecular flexibility index (Phi) is 3.62. The lowest BCUT2D eigenvalue weighted by Crippen LogP contribution is -2.37. The molecule has 1 aliphatic heterocycles. The van der Waals surface area contributed by atoms with E-state index >= 15 is 0 Å². The Labute approximate surface area is 122 Å².